The van der Waals surface area contributed by atoms with Crippen LogP contribution in [0.2, 0.25) is 0 Å². The van der Waals surface area contributed by atoms with Gasteiger partial charge in [0, 0.05) is 36.2 Å². The summed E-state index contributed by atoms with van der Waals surface area (Å²) in [6.45, 7) is 1.85. The molecule has 132 valence electrons. The van der Waals surface area contributed by atoms with Crippen molar-refractivity contribution < 1.29 is 23.2 Å². The molecule has 0 fully saturated rings. The predicted molar refractivity (Wildman–Crippen MR) is 89.7 cm³/mol. The molecule has 1 aliphatic heterocycles. The van der Waals surface area contributed by atoms with Crippen molar-refractivity contribution in [3.63, 3.8) is 0 Å². The number of rotatable bonds is 4. The average Bonchev–Trinajstić information content (AvgIpc) is 3.17. The van der Waals surface area contributed by atoms with E-state index in [4.69, 9.17) is 4.84 Å². The number of aromatic nitrogens is 2. The third-order valence-corrected chi connectivity index (χ3v) is 5.23. The van der Waals surface area contributed by atoms with Crippen molar-refractivity contribution in [2.24, 2.45) is 7.05 Å². The summed E-state index contributed by atoms with van der Waals surface area (Å²) in [7, 11) is -1.99. The van der Waals surface area contributed by atoms with Gasteiger partial charge in [-0.05, 0) is 24.6 Å². The Morgan fingerprint density at radius 1 is 1.36 bits per heavy atom. The average molecular weight is 363 g/mol. The normalized spacial score (nSPS) is 14.3. The van der Waals surface area contributed by atoms with E-state index in [1.165, 1.54) is 30.1 Å². The molecule has 0 unspecified atom stereocenters. The topological polar surface area (TPSA) is 111 Å². The molecule has 1 aliphatic rings. The Morgan fingerprint density at radius 2 is 2.08 bits per heavy atom. The molecule has 0 saturated carbocycles. The molecule has 8 nitrogen and oxygen atoms in total. The lowest BCUT2D eigenvalue weighted by Gasteiger charge is -2.15. The standard InChI is InChI=1S/C16H17N3O5S/c1-9-11(15(20)12-7-17-19(2)16(12)21)4-5-13(25(3,22)23)14(9)10-6-18-24-8-10/h4-7,18,21H,8H2,1-3H3. The zero-order valence-corrected chi connectivity index (χ0v) is 14.7. The number of aryl methyl sites for hydroxylation is 1. The molecule has 2 heterocycles. The quantitative estimate of drug-likeness (QED) is 0.778. The summed E-state index contributed by atoms with van der Waals surface area (Å²) >= 11 is 0. The monoisotopic (exact) mass is 363 g/mol. The van der Waals surface area contributed by atoms with Crippen LogP contribution in [0.4, 0.5) is 0 Å². The SMILES string of the molecule is Cc1c(C(=O)c2cnn(C)c2O)ccc(S(C)(=O)=O)c1C1=CNOC1. The van der Waals surface area contributed by atoms with E-state index in [0.717, 1.165) is 6.26 Å². The highest BCUT2D eigenvalue weighted by atomic mass is 32.2. The molecule has 9 heteroatoms. The van der Waals surface area contributed by atoms with Crippen LogP contribution >= 0.6 is 0 Å². The number of nitrogens with one attached hydrogen (secondary N) is 1. The number of sulfone groups is 1. The van der Waals surface area contributed by atoms with Crippen LogP contribution in [-0.2, 0) is 21.7 Å². The van der Waals surface area contributed by atoms with Gasteiger partial charge in [-0.2, -0.15) is 5.10 Å². The van der Waals surface area contributed by atoms with Crippen molar-refractivity contribution in [2.75, 3.05) is 12.9 Å². The highest BCUT2D eigenvalue weighted by Gasteiger charge is 2.26. The largest absolute Gasteiger partial charge is 0.493 e. The summed E-state index contributed by atoms with van der Waals surface area (Å²) in [6, 6.07) is 2.85. The first kappa shape index (κ1) is 17.2. The van der Waals surface area contributed by atoms with E-state index in [1.54, 1.807) is 13.1 Å². The number of nitrogens with zero attached hydrogens (tertiary/aromatic N) is 2. The molecular weight excluding hydrogens is 346 g/mol. The number of benzene rings is 1. The zero-order chi connectivity index (χ0) is 18.4. The van der Waals surface area contributed by atoms with Gasteiger partial charge in [-0.3, -0.25) is 15.1 Å². The fourth-order valence-corrected chi connectivity index (χ4v) is 3.77. The summed E-state index contributed by atoms with van der Waals surface area (Å²) in [5.41, 5.74) is 4.47. The van der Waals surface area contributed by atoms with Gasteiger partial charge in [0.1, 0.15) is 12.2 Å². The molecule has 0 atom stereocenters. The number of hydroxylamine groups is 1. The second kappa shape index (κ2) is 6.01. The van der Waals surface area contributed by atoms with Gasteiger partial charge in [0.2, 0.25) is 5.88 Å². The number of aromatic hydroxyl groups is 1. The Balaban J connectivity index is 2.22. The van der Waals surface area contributed by atoms with Crippen LogP contribution in [0.15, 0.2) is 29.4 Å². The second-order valence-corrected chi connectivity index (χ2v) is 7.78. The van der Waals surface area contributed by atoms with Crippen LogP contribution < -0.4 is 5.48 Å². The second-order valence-electron chi connectivity index (χ2n) is 5.79. The van der Waals surface area contributed by atoms with Gasteiger partial charge in [0.25, 0.3) is 0 Å². The summed E-state index contributed by atoms with van der Waals surface area (Å²) in [5, 5.41) is 13.8. The van der Waals surface area contributed by atoms with E-state index in [9.17, 15) is 18.3 Å². The molecule has 25 heavy (non-hydrogen) atoms. The van der Waals surface area contributed by atoms with Gasteiger partial charge in [-0.15, -0.1) is 0 Å². The van der Waals surface area contributed by atoms with Gasteiger partial charge in [-0.1, -0.05) is 0 Å². The fraction of sp³-hybridized carbons (Fsp3) is 0.250. The maximum Gasteiger partial charge on any atom is 0.220 e. The molecule has 0 spiro atoms. The molecule has 1 aromatic carbocycles. The highest BCUT2D eigenvalue weighted by molar-refractivity contribution is 7.90. The summed E-state index contributed by atoms with van der Waals surface area (Å²) in [6.07, 6.45) is 3.96. The number of carbonyl (C=O) groups is 1. The van der Waals surface area contributed by atoms with Crippen LogP contribution in [0.5, 0.6) is 5.88 Å². The third-order valence-electron chi connectivity index (χ3n) is 4.09. The minimum atomic E-state index is -3.51. The molecule has 0 saturated heterocycles. The fourth-order valence-electron chi connectivity index (χ4n) is 2.80. The molecule has 3 rings (SSSR count). The zero-order valence-electron chi connectivity index (χ0n) is 13.9. The van der Waals surface area contributed by atoms with E-state index >= 15 is 0 Å². The lowest BCUT2D eigenvalue weighted by Crippen LogP contribution is -2.11. The number of ketones is 1. The van der Waals surface area contributed by atoms with Crippen LogP contribution in [-0.4, -0.2) is 42.0 Å². The van der Waals surface area contributed by atoms with Crippen LogP contribution in [0.3, 0.4) is 0 Å². The number of carbonyl (C=O) groups excluding carboxylic acids is 1. The Bertz CT molecular complexity index is 1010. The minimum absolute atomic E-state index is 0.0541. The van der Waals surface area contributed by atoms with E-state index in [-0.39, 0.29) is 22.9 Å². The van der Waals surface area contributed by atoms with E-state index in [1.807, 2.05) is 0 Å². The van der Waals surface area contributed by atoms with Crippen molar-refractivity contribution in [3.05, 3.63) is 46.8 Å². The predicted octanol–water partition coefficient (Wildman–Crippen LogP) is 0.944. The van der Waals surface area contributed by atoms with Crippen LogP contribution in [0.1, 0.15) is 27.0 Å². The van der Waals surface area contributed by atoms with Gasteiger partial charge in [-0.25, -0.2) is 13.1 Å². The lowest BCUT2D eigenvalue weighted by atomic mass is 9.93. The maximum absolute atomic E-state index is 12.8. The van der Waals surface area contributed by atoms with Crippen molar-refractivity contribution in [3.8, 4) is 5.88 Å². The highest BCUT2D eigenvalue weighted by Crippen LogP contribution is 2.32. The summed E-state index contributed by atoms with van der Waals surface area (Å²) in [5.74, 6) is -0.680. The first-order valence-corrected chi connectivity index (χ1v) is 9.27. The molecule has 0 bridgehead atoms. The van der Waals surface area contributed by atoms with E-state index in [2.05, 4.69) is 10.6 Å². The minimum Gasteiger partial charge on any atom is -0.493 e. The van der Waals surface area contributed by atoms with Crippen molar-refractivity contribution in [2.45, 2.75) is 11.8 Å². The van der Waals surface area contributed by atoms with Gasteiger partial charge in [0.15, 0.2) is 15.6 Å². The molecule has 2 aromatic rings. The van der Waals surface area contributed by atoms with E-state index < -0.39 is 15.6 Å². The van der Waals surface area contributed by atoms with Gasteiger partial charge < -0.3 is 5.11 Å². The summed E-state index contributed by atoms with van der Waals surface area (Å²) in [4.78, 5) is 18.0. The Morgan fingerprint density at radius 3 is 2.60 bits per heavy atom. The van der Waals surface area contributed by atoms with E-state index in [0.29, 0.717) is 22.3 Å². The molecule has 0 amide bonds. The molecule has 2 N–H and O–H groups in total. The first-order valence-electron chi connectivity index (χ1n) is 7.38. The number of hydrogen-bond acceptors (Lipinski definition) is 7. The van der Waals surface area contributed by atoms with Gasteiger partial charge >= 0.3 is 0 Å². The van der Waals surface area contributed by atoms with Crippen LogP contribution in [0, 0.1) is 6.92 Å². The molecule has 0 radical (unpaired) electrons. The smallest absolute Gasteiger partial charge is 0.220 e. The van der Waals surface area contributed by atoms with Crippen molar-refractivity contribution in [1.82, 2.24) is 15.3 Å². The Hall–Kier alpha value is -2.65. The third kappa shape index (κ3) is 2.92. The maximum atomic E-state index is 12.8. The Labute approximate surface area is 144 Å². The van der Waals surface area contributed by atoms with Crippen LogP contribution in [0.25, 0.3) is 5.57 Å². The van der Waals surface area contributed by atoms with Crippen molar-refractivity contribution >= 4 is 21.2 Å². The number of hydrogen-bond donors (Lipinski definition) is 2. The van der Waals surface area contributed by atoms with Gasteiger partial charge in [0.05, 0.1) is 11.1 Å². The summed E-state index contributed by atoms with van der Waals surface area (Å²) < 4.78 is 25.5. The van der Waals surface area contributed by atoms with Crippen molar-refractivity contribution in [1.29, 1.82) is 0 Å². The molecular formula is C16H17N3O5S. The Kier molecular flexibility index (Phi) is 4.13. The first-order chi connectivity index (χ1) is 11.7. The molecule has 1 aromatic heterocycles. The molecule has 0 aliphatic carbocycles. The lowest BCUT2D eigenvalue weighted by molar-refractivity contribution is 0.103.